The first-order valence-corrected chi connectivity index (χ1v) is 7.87. The van der Waals surface area contributed by atoms with Gasteiger partial charge in [0.15, 0.2) is 17.3 Å². The fourth-order valence-electron chi connectivity index (χ4n) is 3.05. The molecule has 22 heavy (non-hydrogen) atoms. The Kier molecular flexibility index (Phi) is 3.36. The summed E-state index contributed by atoms with van der Waals surface area (Å²) in [6.07, 6.45) is 3.77. The molecule has 0 unspecified atom stereocenters. The lowest BCUT2D eigenvalue weighted by Gasteiger charge is -2.26. The van der Waals surface area contributed by atoms with Gasteiger partial charge in [-0.05, 0) is 37.5 Å². The molecule has 4 rings (SSSR count). The van der Waals surface area contributed by atoms with E-state index < -0.39 is 0 Å². The van der Waals surface area contributed by atoms with Crippen LogP contribution >= 0.6 is 0 Å². The zero-order valence-corrected chi connectivity index (χ0v) is 12.8. The lowest BCUT2D eigenvalue weighted by atomic mass is 10.1. The largest absolute Gasteiger partial charge is 0.486 e. The monoisotopic (exact) mass is 300 g/mol. The Bertz CT molecular complexity index is 677. The summed E-state index contributed by atoms with van der Waals surface area (Å²) in [7, 11) is 1.96. The van der Waals surface area contributed by atoms with E-state index in [0.717, 1.165) is 41.9 Å². The van der Waals surface area contributed by atoms with Gasteiger partial charge in [-0.25, -0.2) is 4.68 Å². The van der Waals surface area contributed by atoms with E-state index in [2.05, 4.69) is 10.00 Å². The van der Waals surface area contributed by atoms with Crippen molar-refractivity contribution in [3.63, 3.8) is 0 Å². The highest BCUT2D eigenvalue weighted by molar-refractivity contribution is 5.62. The quantitative estimate of drug-likeness (QED) is 0.851. The average Bonchev–Trinajstić information content (AvgIpc) is 2.97. The predicted molar refractivity (Wildman–Crippen MR) is 83.5 cm³/mol. The minimum atomic E-state index is 0.588. The summed E-state index contributed by atoms with van der Waals surface area (Å²) in [5.74, 6) is 3.25. The minimum absolute atomic E-state index is 0.588. The molecule has 1 saturated heterocycles. The Morgan fingerprint density at radius 2 is 1.77 bits per heavy atom. The number of ether oxygens (including phenoxy) is 2. The molecule has 116 valence electrons. The summed E-state index contributed by atoms with van der Waals surface area (Å²) >= 11 is 0. The van der Waals surface area contributed by atoms with E-state index in [1.165, 1.54) is 19.3 Å². The van der Waals surface area contributed by atoms with Gasteiger partial charge in [-0.15, -0.1) is 5.10 Å². The maximum absolute atomic E-state index is 5.64. The number of benzene rings is 1. The number of piperidine rings is 1. The molecule has 0 radical (unpaired) electrons. The third kappa shape index (κ3) is 2.38. The van der Waals surface area contributed by atoms with Gasteiger partial charge in [0.05, 0.1) is 0 Å². The van der Waals surface area contributed by atoms with Crippen LogP contribution in [0.3, 0.4) is 0 Å². The minimum Gasteiger partial charge on any atom is -0.486 e. The van der Waals surface area contributed by atoms with Crippen molar-refractivity contribution in [2.45, 2.75) is 19.3 Å². The summed E-state index contributed by atoms with van der Waals surface area (Å²) in [4.78, 5) is 7.05. The van der Waals surface area contributed by atoms with Crippen LogP contribution in [0.1, 0.15) is 19.3 Å². The van der Waals surface area contributed by atoms with Gasteiger partial charge in [-0.3, -0.25) is 0 Å². The van der Waals surface area contributed by atoms with Gasteiger partial charge in [0.25, 0.3) is 0 Å². The normalized spacial score (nSPS) is 17.6. The average molecular weight is 300 g/mol. The Labute approximate surface area is 129 Å². The number of rotatable bonds is 2. The molecule has 6 nitrogen and oxygen atoms in total. The maximum Gasteiger partial charge on any atom is 0.224 e. The molecule has 0 amide bonds. The van der Waals surface area contributed by atoms with E-state index in [-0.39, 0.29) is 0 Å². The van der Waals surface area contributed by atoms with Crippen molar-refractivity contribution >= 4 is 5.95 Å². The number of hydrogen-bond acceptors (Lipinski definition) is 5. The first-order valence-electron chi connectivity index (χ1n) is 7.87. The molecular weight excluding hydrogens is 280 g/mol. The molecule has 2 aromatic rings. The summed E-state index contributed by atoms with van der Waals surface area (Å²) in [6, 6.07) is 5.88. The van der Waals surface area contributed by atoms with Crippen LogP contribution in [0.25, 0.3) is 11.4 Å². The fourth-order valence-corrected chi connectivity index (χ4v) is 3.05. The SMILES string of the molecule is Cn1nc(-c2ccc3c(c2)OCCO3)nc1N1CCCCC1. The van der Waals surface area contributed by atoms with Crippen LogP contribution in [0.15, 0.2) is 18.2 Å². The number of fused-ring (bicyclic) bond motifs is 1. The number of anilines is 1. The Morgan fingerprint density at radius 1 is 1.00 bits per heavy atom. The molecule has 0 spiro atoms. The highest BCUT2D eigenvalue weighted by Gasteiger charge is 2.19. The zero-order valence-electron chi connectivity index (χ0n) is 12.8. The molecule has 0 N–H and O–H groups in total. The van der Waals surface area contributed by atoms with Crippen molar-refractivity contribution in [1.82, 2.24) is 14.8 Å². The molecule has 0 bridgehead atoms. The van der Waals surface area contributed by atoms with Crippen molar-refractivity contribution in [3.05, 3.63) is 18.2 Å². The van der Waals surface area contributed by atoms with E-state index in [0.29, 0.717) is 13.2 Å². The van der Waals surface area contributed by atoms with E-state index >= 15 is 0 Å². The highest BCUT2D eigenvalue weighted by Crippen LogP contribution is 2.34. The molecule has 2 aliphatic rings. The Morgan fingerprint density at radius 3 is 2.59 bits per heavy atom. The summed E-state index contributed by atoms with van der Waals surface area (Å²) in [5.41, 5.74) is 0.961. The van der Waals surface area contributed by atoms with E-state index in [4.69, 9.17) is 14.5 Å². The molecule has 6 heteroatoms. The van der Waals surface area contributed by atoms with Crippen LogP contribution in [0.4, 0.5) is 5.95 Å². The van der Waals surface area contributed by atoms with Gasteiger partial charge in [-0.2, -0.15) is 4.98 Å². The Hall–Kier alpha value is -2.24. The van der Waals surface area contributed by atoms with Gasteiger partial charge < -0.3 is 14.4 Å². The molecule has 3 heterocycles. The van der Waals surface area contributed by atoms with Gasteiger partial charge in [0, 0.05) is 25.7 Å². The number of aryl methyl sites for hydroxylation is 1. The standard InChI is InChI=1S/C16H20N4O2/c1-19-16(20-7-3-2-4-8-20)17-15(18-19)12-5-6-13-14(11-12)22-10-9-21-13/h5-6,11H,2-4,7-10H2,1H3. The lowest BCUT2D eigenvalue weighted by Crippen LogP contribution is -2.31. The zero-order chi connectivity index (χ0) is 14.9. The second kappa shape index (κ2) is 5.51. The third-order valence-electron chi connectivity index (χ3n) is 4.18. The molecule has 2 aliphatic heterocycles. The van der Waals surface area contributed by atoms with E-state index in [1.54, 1.807) is 0 Å². The van der Waals surface area contributed by atoms with Gasteiger partial charge in [0.1, 0.15) is 13.2 Å². The molecule has 0 saturated carbocycles. The van der Waals surface area contributed by atoms with Gasteiger partial charge in [0.2, 0.25) is 5.95 Å². The van der Waals surface area contributed by atoms with Gasteiger partial charge in [-0.1, -0.05) is 0 Å². The van der Waals surface area contributed by atoms with Crippen LogP contribution in [-0.2, 0) is 7.05 Å². The fraction of sp³-hybridized carbons (Fsp3) is 0.500. The summed E-state index contributed by atoms with van der Waals surface area (Å²) in [6.45, 7) is 3.32. The molecule has 0 aliphatic carbocycles. The highest BCUT2D eigenvalue weighted by atomic mass is 16.6. The van der Waals surface area contributed by atoms with Crippen LogP contribution in [0, 0.1) is 0 Å². The lowest BCUT2D eigenvalue weighted by molar-refractivity contribution is 0.171. The van der Waals surface area contributed by atoms with Gasteiger partial charge >= 0.3 is 0 Å². The van der Waals surface area contributed by atoms with E-state index in [9.17, 15) is 0 Å². The second-order valence-electron chi connectivity index (χ2n) is 5.77. The third-order valence-corrected chi connectivity index (χ3v) is 4.18. The number of nitrogens with zero attached hydrogens (tertiary/aromatic N) is 4. The van der Waals surface area contributed by atoms with Crippen molar-refractivity contribution in [2.75, 3.05) is 31.2 Å². The number of hydrogen-bond donors (Lipinski definition) is 0. The topological polar surface area (TPSA) is 52.4 Å². The van der Waals surface area contributed by atoms with Crippen molar-refractivity contribution < 1.29 is 9.47 Å². The van der Waals surface area contributed by atoms with Crippen molar-refractivity contribution in [2.24, 2.45) is 7.05 Å². The first kappa shape index (κ1) is 13.4. The predicted octanol–water partition coefficient (Wildman–Crippen LogP) is 2.24. The first-order chi connectivity index (χ1) is 10.8. The summed E-state index contributed by atoms with van der Waals surface area (Å²) in [5, 5.41) is 4.57. The Balaban J connectivity index is 1.65. The maximum atomic E-state index is 5.64. The van der Waals surface area contributed by atoms with Crippen LogP contribution in [0.5, 0.6) is 11.5 Å². The number of aromatic nitrogens is 3. The van der Waals surface area contributed by atoms with Crippen molar-refractivity contribution in [3.8, 4) is 22.9 Å². The smallest absolute Gasteiger partial charge is 0.224 e. The van der Waals surface area contributed by atoms with Crippen LogP contribution in [0.2, 0.25) is 0 Å². The summed E-state index contributed by atoms with van der Waals surface area (Å²) < 4.78 is 13.1. The van der Waals surface area contributed by atoms with Crippen LogP contribution in [-0.4, -0.2) is 41.1 Å². The molecule has 0 atom stereocenters. The molecular formula is C16H20N4O2. The molecule has 1 fully saturated rings. The molecule has 1 aromatic carbocycles. The second-order valence-corrected chi connectivity index (χ2v) is 5.77. The van der Waals surface area contributed by atoms with Crippen molar-refractivity contribution in [1.29, 1.82) is 0 Å². The molecule has 1 aromatic heterocycles. The van der Waals surface area contributed by atoms with E-state index in [1.807, 2.05) is 29.9 Å². The van der Waals surface area contributed by atoms with Crippen LogP contribution < -0.4 is 14.4 Å².